The summed E-state index contributed by atoms with van der Waals surface area (Å²) in [5.41, 5.74) is 3.25. The van der Waals surface area contributed by atoms with Gasteiger partial charge in [0.1, 0.15) is 0 Å². The zero-order valence-corrected chi connectivity index (χ0v) is 19.6. The van der Waals surface area contributed by atoms with Gasteiger partial charge in [0.15, 0.2) is 0 Å². The third-order valence-electron chi connectivity index (χ3n) is 3.18. The number of nitriles is 1. The smallest absolute Gasteiger partial charge is 0.0991 e. The van der Waals surface area contributed by atoms with Crippen LogP contribution in [0.25, 0.3) is 22.8 Å². The van der Waals surface area contributed by atoms with Crippen molar-refractivity contribution in [2.45, 2.75) is 0 Å². The summed E-state index contributed by atoms with van der Waals surface area (Å²) >= 11 is 0. The van der Waals surface area contributed by atoms with Crippen molar-refractivity contribution in [3.63, 3.8) is 0 Å². The van der Waals surface area contributed by atoms with Crippen LogP contribution in [0.1, 0.15) is 5.56 Å². The van der Waals surface area contributed by atoms with E-state index in [-0.39, 0.29) is 20.4 Å². The Kier molecular flexibility index (Phi) is 19.2. The van der Waals surface area contributed by atoms with Gasteiger partial charge in [-0.25, -0.2) is 5.10 Å². The maximum absolute atomic E-state index is 8.55. The van der Waals surface area contributed by atoms with E-state index in [1.165, 1.54) is 0 Å². The Hall–Kier alpha value is -3.96. The van der Waals surface area contributed by atoms with Crippen molar-refractivity contribution in [1.29, 1.82) is 5.26 Å². The SMILES string of the molecule is CO.N#Cc1ccc(-c2nn[n-]n2)cc1.[CH-]=O.[CH-]=O.[Re].c1ccc(-c2ccccn2)nc1. The molecule has 165 valence electrons. The van der Waals surface area contributed by atoms with Gasteiger partial charge in [-0.2, -0.15) is 5.26 Å². The molecule has 0 saturated carbocycles. The maximum atomic E-state index is 8.55. The second-order valence-corrected chi connectivity index (χ2v) is 4.82. The van der Waals surface area contributed by atoms with Gasteiger partial charge in [0.25, 0.3) is 0 Å². The Balaban J connectivity index is 0. The number of benzene rings is 1. The van der Waals surface area contributed by atoms with E-state index < -0.39 is 0 Å². The summed E-state index contributed by atoms with van der Waals surface area (Å²) in [5, 5.41) is 29.7. The van der Waals surface area contributed by atoms with E-state index in [1.807, 2.05) is 42.5 Å². The molecule has 0 fully saturated rings. The quantitative estimate of drug-likeness (QED) is 0.264. The molecule has 1 radical (unpaired) electrons. The van der Waals surface area contributed by atoms with Gasteiger partial charge in [-0.1, -0.05) is 24.3 Å². The normalized spacial score (nSPS) is 7.91. The molecule has 0 aliphatic rings. The van der Waals surface area contributed by atoms with Crippen LogP contribution in [0.4, 0.5) is 0 Å². The number of nitrogens with zero attached hydrogens (tertiary/aromatic N) is 7. The minimum absolute atomic E-state index is 0. The number of rotatable bonds is 2. The van der Waals surface area contributed by atoms with E-state index in [0.29, 0.717) is 11.4 Å². The molecule has 1 aromatic carbocycles. The fourth-order valence-corrected chi connectivity index (χ4v) is 1.98. The van der Waals surface area contributed by atoms with Crippen LogP contribution >= 0.6 is 0 Å². The molecule has 0 spiro atoms. The van der Waals surface area contributed by atoms with Crippen molar-refractivity contribution in [3.8, 4) is 28.8 Å². The van der Waals surface area contributed by atoms with Crippen LogP contribution in [0.5, 0.6) is 0 Å². The summed E-state index contributed by atoms with van der Waals surface area (Å²) in [6, 6.07) is 20.5. The molecule has 0 atom stereocenters. The van der Waals surface area contributed by atoms with E-state index in [4.69, 9.17) is 20.0 Å². The zero-order chi connectivity index (χ0) is 23.3. The number of aliphatic hydroxyl groups excluding tert-OH is 1. The second-order valence-electron chi connectivity index (χ2n) is 4.82. The van der Waals surface area contributed by atoms with Gasteiger partial charge >= 0.3 is 0 Å². The number of tetrazole rings is 1. The molecule has 3 aromatic heterocycles. The van der Waals surface area contributed by atoms with Gasteiger partial charge in [0.05, 0.1) is 28.8 Å². The molecule has 10 nitrogen and oxygen atoms in total. The average molecular weight is 603 g/mol. The molecule has 0 unspecified atom stereocenters. The number of hydrogen-bond donors (Lipinski definition) is 1. The predicted octanol–water partition coefficient (Wildman–Crippen LogP) is 1.57. The monoisotopic (exact) mass is 603 g/mol. The first-order valence-electron chi connectivity index (χ1n) is 8.30. The summed E-state index contributed by atoms with van der Waals surface area (Å²) in [6.07, 6.45) is 3.54. The standard InChI is InChI=1S/C10H8N2.C8H4N5.CH4O.2CHO.Re/c1-3-7-11-9(5-1)10-6-2-4-8-12-10;9-5-6-1-3-7(4-2-6)8-10-12-13-11-8;3*1-2;/h1-8H;1-4H;2H,1H3;2*1H;/q;-1;;2*-1;. The first kappa shape index (κ1) is 30.2. The molecule has 32 heavy (non-hydrogen) atoms. The number of pyridine rings is 2. The van der Waals surface area contributed by atoms with E-state index in [9.17, 15) is 0 Å². The zero-order valence-electron chi connectivity index (χ0n) is 16.9. The Bertz CT molecular complexity index is 942. The fourth-order valence-electron chi connectivity index (χ4n) is 1.98. The largest absolute Gasteiger partial charge is 0.545 e. The maximum Gasteiger partial charge on any atom is 0.0991 e. The van der Waals surface area contributed by atoms with Crippen LogP contribution in [0, 0.1) is 11.3 Å². The summed E-state index contributed by atoms with van der Waals surface area (Å²) in [6.45, 7) is 6.50. The number of hydrogen-bond acceptors (Lipinski definition) is 9. The Morgan fingerprint density at radius 2 is 1.34 bits per heavy atom. The summed E-state index contributed by atoms with van der Waals surface area (Å²) < 4.78 is 0. The third-order valence-corrected chi connectivity index (χ3v) is 3.18. The minimum atomic E-state index is 0. The van der Waals surface area contributed by atoms with Crippen LogP contribution in [0.15, 0.2) is 73.1 Å². The molecule has 0 aliphatic heterocycles. The number of carbonyl (C=O) groups excluding carboxylic acids is 2. The second kappa shape index (κ2) is 20.3. The fraction of sp³-hybridized carbons (Fsp3) is 0.0476. The van der Waals surface area contributed by atoms with Crippen LogP contribution in [-0.2, 0) is 30.0 Å². The molecule has 4 aromatic rings. The Morgan fingerprint density at radius 3 is 1.69 bits per heavy atom. The van der Waals surface area contributed by atoms with Crippen molar-refractivity contribution in [2.24, 2.45) is 0 Å². The van der Waals surface area contributed by atoms with Crippen LogP contribution in [0.2, 0.25) is 0 Å². The number of aromatic nitrogens is 6. The molecule has 4 rings (SSSR count). The molecular weight excluding hydrogens is 584 g/mol. The van der Waals surface area contributed by atoms with Crippen molar-refractivity contribution in [1.82, 2.24) is 30.6 Å². The molecule has 11 heteroatoms. The molecule has 0 amide bonds. The summed E-state index contributed by atoms with van der Waals surface area (Å²) in [7, 11) is 1.00. The van der Waals surface area contributed by atoms with E-state index in [0.717, 1.165) is 24.1 Å². The molecule has 3 heterocycles. The van der Waals surface area contributed by atoms with Gasteiger partial charge < -0.3 is 19.8 Å². The van der Waals surface area contributed by atoms with Crippen molar-refractivity contribution < 1.29 is 35.1 Å². The first-order valence-corrected chi connectivity index (χ1v) is 8.30. The van der Waals surface area contributed by atoms with Crippen molar-refractivity contribution >= 4 is 13.6 Å². The molecular formula is C21H18N7O3Re-3. The van der Waals surface area contributed by atoms with Crippen LogP contribution in [-0.4, -0.2) is 51.2 Å². The Labute approximate surface area is 199 Å². The predicted molar refractivity (Wildman–Crippen MR) is 112 cm³/mol. The van der Waals surface area contributed by atoms with Crippen molar-refractivity contribution in [2.75, 3.05) is 7.11 Å². The van der Waals surface area contributed by atoms with Crippen molar-refractivity contribution in [3.05, 3.63) is 78.6 Å². The third kappa shape index (κ3) is 10.7. The molecule has 1 N–H and O–H groups in total. The van der Waals surface area contributed by atoms with E-state index in [2.05, 4.69) is 44.2 Å². The minimum Gasteiger partial charge on any atom is -0.545 e. The van der Waals surface area contributed by atoms with E-state index in [1.54, 1.807) is 36.7 Å². The number of aliphatic hydroxyl groups is 1. The van der Waals surface area contributed by atoms with Crippen LogP contribution < -0.4 is 5.21 Å². The average Bonchev–Trinajstić information content (AvgIpc) is 3.44. The van der Waals surface area contributed by atoms with Gasteiger partial charge in [-0.3, -0.25) is 34.0 Å². The van der Waals surface area contributed by atoms with E-state index >= 15 is 0 Å². The van der Waals surface area contributed by atoms with Gasteiger partial charge in [0, 0.05) is 39.9 Å². The van der Waals surface area contributed by atoms with Gasteiger partial charge in [-0.05, 0) is 42.0 Å². The molecule has 0 saturated heterocycles. The summed E-state index contributed by atoms with van der Waals surface area (Å²) in [5.74, 6) is 0.476. The molecule has 0 aliphatic carbocycles. The van der Waals surface area contributed by atoms with Gasteiger partial charge in [0.2, 0.25) is 0 Å². The van der Waals surface area contributed by atoms with Crippen LogP contribution in [0.3, 0.4) is 0 Å². The summed E-state index contributed by atoms with van der Waals surface area (Å²) in [4.78, 5) is 23.9. The molecule has 0 bridgehead atoms. The first-order chi connectivity index (χ1) is 15.4. The Morgan fingerprint density at radius 1 is 0.844 bits per heavy atom. The topological polar surface area (TPSA) is 157 Å². The van der Waals surface area contributed by atoms with Gasteiger partial charge in [-0.15, -0.1) is 0 Å².